The third-order valence-corrected chi connectivity index (χ3v) is 6.83. The molecule has 0 bridgehead atoms. The summed E-state index contributed by atoms with van der Waals surface area (Å²) in [6.07, 6.45) is 2.61. The van der Waals surface area contributed by atoms with Crippen molar-refractivity contribution in [3.8, 4) is 17.1 Å². The molecule has 1 amide bonds. The van der Waals surface area contributed by atoms with Gasteiger partial charge in [-0.2, -0.15) is 0 Å². The predicted molar refractivity (Wildman–Crippen MR) is 145 cm³/mol. The first-order valence-corrected chi connectivity index (χ1v) is 12.9. The van der Waals surface area contributed by atoms with Crippen molar-refractivity contribution in [3.05, 3.63) is 109 Å². The molecule has 1 N–H and O–H groups in total. The molecule has 0 atom stereocenters. The summed E-state index contributed by atoms with van der Waals surface area (Å²) in [7, 11) is 1.63. The van der Waals surface area contributed by atoms with E-state index in [1.807, 2.05) is 41.0 Å². The smallest absolute Gasteiger partial charge is 0.230 e. The second-order valence-electron chi connectivity index (χ2n) is 8.21. The van der Waals surface area contributed by atoms with Crippen LogP contribution in [0.2, 0.25) is 0 Å². The molecule has 0 radical (unpaired) electrons. The number of amides is 1. The van der Waals surface area contributed by atoms with Gasteiger partial charge in [0.2, 0.25) is 5.91 Å². The number of para-hydroxylation sites is 1. The van der Waals surface area contributed by atoms with Gasteiger partial charge in [-0.15, -0.1) is 16.8 Å². The fraction of sp³-hybridized carbons (Fsp3) is 0.207. The predicted octanol–water partition coefficient (Wildman–Crippen LogP) is 5.57. The summed E-state index contributed by atoms with van der Waals surface area (Å²) in [6, 6.07) is 28.5. The molecule has 6 nitrogen and oxygen atoms in total. The molecule has 0 saturated heterocycles. The van der Waals surface area contributed by atoms with Crippen LogP contribution < -0.4 is 10.1 Å². The van der Waals surface area contributed by atoms with E-state index < -0.39 is 0 Å². The minimum absolute atomic E-state index is 0.0353. The summed E-state index contributed by atoms with van der Waals surface area (Å²) in [6.45, 7) is 4.97. The van der Waals surface area contributed by atoms with E-state index in [4.69, 9.17) is 4.74 Å². The Hall–Kier alpha value is -3.84. The molecular formula is C29H30N4O2S. The first kappa shape index (κ1) is 25.3. The first-order valence-electron chi connectivity index (χ1n) is 11.9. The van der Waals surface area contributed by atoms with E-state index in [9.17, 15) is 4.79 Å². The second kappa shape index (κ2) is 12.7. The van der Waals surface area contributed by atoms with Gasteiger partial charge in [-0.25, -0.2) is 0 Å². The first-order chi connectivity index (χ1) is 17.7. The van der Waals surface area contributed by atoms with Crippen LogP contribution in [0, 0.1) is 0 Å². The van der Waals surface area contributed by atoms with E-state index in [2.05, 4.69) is 70.6 Å². The van der Waals surface area contributed by atoms with Crippen LogP contribution in [0.1, 0.15) is 23.5 Å². The van der Waals surface area contributed by atoms with Crippen LogP contribution in [0.25, 0.3) is 11.4 Å². The van der Waals surface area contributed by atoms with Crippen LogP contribution in [-0.4, -0.2) is 40.1 Å². The number of benzene rings is 3. The number of hydrogen-bond acceptors (Lipinski definition) is 5. The lowest BCUT2D eigenvalue weighted by Gasteiger charge is -2.18. The minimum Gasteiger partial charge on any atom is -0.496 e. The maximum Gasteiger partial charge on any atom is 0.230 e. The summed E-state index contributed by atoms with van der Waals surface area (Å²) in [5, 5.41) is 12.5. The van der Waals surface area contributed by atoms with E-state index in [1.54, 1.807) is 13.2 Å². The van der Waals surface area contributed by atoms with Crippen molar-refractivity contribution in [2.24, 2.45) is 0 Å². The van der Waals surface area contributed by atoms with Crippen molar-refractivity contribution in [2.45, 2.75) is 24.0 Å². The minimum atomic E-state index is -0.0353. The Labute approximate surface area is 216 Å². The summed E-state index contributed by atoms with van der Waals surface area (Å²) < 4.78 is 7.44. The largest absolute Gasteiger partial charge is 0.496 e. The third kappa shape index (κ3) is 6.23. The number of carbonyl (C=O) groups is 1. The summed E-state index contributed by atoms with van der Waals surface area (Å²) in [5.41, 5.74) is 3.33. The van der Waals surface area contributed by atoms with Gasteiger partial charge in [0, 0.05) is 19.0 Å². The molecule has 184 valence electrons. The number of rotatable bonds is 12. The topological polar surface area (TPSA) is 69.0 Å². The number of nitrogens with zero attached hydrogens (tertiary/aromatic N) is 3. The molecule has 4 rings (SSSR count). The van der Waals surface area contributed by atoms with Gasteiger partial charge < -0.3 is 10.1 Å². The summed E-state index contributed by atoms with van der Waals surface area (Å²) >= 11 is 1.36. The summed E-state index contributed by atoms with van der Waals surface area (Å²) in [4.78, 5) is 12.7. The Kier molecular flexibility index (Phi) is 8.94. The normalized spacial score (nSPS) is 10.8. The Balaban J connectivity index is 1.38. The lowest BCUT2D eigenvalue weighted by Crippen LogP contribution is -2.27. The van der Waals surface area contributed by atoms with E-state index in [1.165, 1.54) is 22.9 Å². The molecule has 1 aromatic heterocycles. The monoisotopic (exact) mass is 498 g/mol. The zero-order valence-electron chi connectivity index (χ0n) is 20.3. The number of thioether (sulfide) groups is 1. The number of methoxy groups -OCH3 is 1. The maximum atomic E-state index is 12.7. The lowest BCUT2D eigenvalue weighted by atomic mass is 9.88. The van der Waals surface area contributed by atoms with Gasteiger partial charge in [0.15, 0.2) is 11.0 Å². The van der Waals surface area contributed by atoms with E-state index in [0.717, 1.165) is 17.7 Å². The maximum absolute atomic E-state index is 12.7. The highest BCUT2D eigenvalue weighted by molar-refractivity contribution is 7.99. The quantitative estimate of drug-likeness (QED) is 0.204. The average molecular weight is 499 g/mol. The standard InChI is InChI=1S/C29H30N4O2S/c1-3-20-33-28(25-16-10-11-17-26(25)35-2)31-32-29(33)36-21-27(34)30-19-18-24(22-12-6-4-7-13-22)23-14-8-5-9-15-23/h3-17,24H,1,18-21H2,2H3,(H,30,34). The Morgan fingerprint density at radius 1 is 1.00 bits per heavy atom. The number of carbonyl (C=O) groups excluding carboxylic acids is 1. The number of aromatic nitrogens is 3. The Morgan fingerprint density at radius 3 is 2.28 bits per heavy atom. The van der Waals surface area contributed by atoms with Gasteiger partial charge >= 0.3 is 0 Å². The van der Waals surface area contributed by atoms with E-state index in [-0.39, 0.29) is 17.6 Å². The van der Waals surface area contributed by atoms with Crippen molar-refractivity contribution in [1.82, 2.24) is 20.1 Å². The number of allylic oxidation sites excluding steroid dienone is 1. The zero-order valence-corrected chi connectivity index (χ0v) is 21.2. The molecule has 0 unspecified atom stereocenters. The molecule has 7 heteroatoms. The SMILES string of the molecule is C=CCn1c(SCC(=O)NCCC(c2ccccc2)c2ccccc2)nnc1-c1ccccc1OC. The lowest BCUT2D eigenvalue weighted by molar-refractivity contribution is -0.118. The van der Waals surface area contributed by atoms with Crippen molar-refractivity contribution >= 4 is 17.7 Å². The van der Waals surface area contributed by atoms with Crippen molar-refractivity contribution < 1.29 is 9.53 Å². The molecule has 0 aliphatic rings. The van der Waals surface area contributed by atoms with Gasteiger partial charge in [0.05, 0.1) is 18.4 Å². The molecule has 3 aromatic carbocycles. The van der Waals surface area contributed by atoms with Gasteiger partial charge in [0.1, 0.15) is 5.75 Å². The van der Waals surface area contributed by atoms with Gasteiger partial charge in [-0.1, -0.05) is 90.6 Å². The fourth-order valence-electron chi connectivity index (χ4n) is 4.15. The highest BCUT2D eigenvalue weighted by Gasteiger charge is 2.18. The molecule has 4 aromatic rings. The van der Waals surface area contributed by atoms with Crippen LogP contribution in [0.3, 0.4) is 0 Å². The second-order valence-corrected chi connectivity index (χ2v) is 9.15. The molecule has 0 aliphatic heterocycles. The van der Waals surface area contributed by atoms with Crippen LogP contribution in [0.5, 0.6) is 5.75 Å². The van der Waals surface area contributed by atoms with E-state index in [0.29, 0.717) is 24.1 Å². The Morgan fingerprint density at radius 2 is 1.64 bits per heavy atom. The van der Waals surface area contributed by atoms with Crippen molar-refractivity contribution in [3.63, 3.8) is 0 Å². The number of hydrogen-bond donors (Lipinski definition) is 1. The van der Waals surface area contributed by atoms with Crippen LogP contribution in [0.4, 0.5) is 0 Å². The van der Waals surface area contributed by atoms with Crippen molar-refractivity contribution in [2.75, 3.05) is 19.4 Å². The van der Waals surface area contributed by atoms with Gasteiger partial charge in [-0.3, -0.25) is 9.36 Å². The highest BCUT2D eigenvalue weighted by atomic mass is 32.2. The number of ether oxygens (including phenoxy) is 1. The molecule has 0 fully saturated rings. The number of nitrogens with one attached hydrogen (secondary N) is 1. The van der Waals surface area contributed by atoms with Gasteiger partial charge in [-0.05, 0) is 29.7 Å². The fourth-order valence-corrected chi connectivity index (χ4v) is 4.93. The molecular weight excluding hydrogens is 468 g/mol. The molecule has 1 heterocycles. The van der Waals surface area contributed by atoms with Gasteiger partial charge in [0.25, 0.3) is 0 Å². The van der Waals surface area contributed by atoms with Crippen molar-refractivity contribution in [1.29, 1.82) is 0 Å². The summed E-state index contributed by atoms with van der Waals surface area (Å²) in [5.74, 6) is 1.84. The molecule has 0 spiro atoms. The molecule has 0 saturated carbocycles. The van der Waals surface area contributed by atoms with Crippen LogP contribution in [-0.2, 0) is 11.3 Å². The third-order valence-electron chi connectivity index (χ3n) is 5.87. The molecule has 36 heavy (non-hydrogen) atoms. The highest BCUT2D eigenvalue weighted by Crippen LogP contribution is 2.31. The Bertz CT molecular complexity index is 1240. The average Bonchev–Trinajstić information content (AvgIpc) is 3.33. The van der Waals surface area contributed by atoms with Crippen LogP contribution >= 0.6 is 11.8 Å². The molecule has 0 aliphatic carbocycles. The van der Waals surface area contributed by atoms with Crippen LogP contribution in [0.15, 0.2) is 103 Å². The van der Waals surface area contributed by atoms with E-state index >= 15 is 0 Å². The zero-order chi connectivity index (χ0) is 25.2.